The molecule has 122 valence electrons. The summed E-state index contributed by atoms with van der Waals surface area (Å²) in [6.45, 7) is 6.56. The van der Waals surface area contributed by atoms with E-state index >= 15 is 0 Å². The summed E-state index contributed by atoms with van der Waals surface area (Å²) in [6, 6.07) is 2.16. The van der Waals surface area contributed by atoms with Crippen molar-refractivity contribution in [3.63, 3.8) is 0 Å². The zero-order valence-electron chi connectivity index (χ0n) is 13.5. The quantitative estimate of drug-likeness (QED) is 0.935. The maximum Gasteiger partial charge on any atom is 0.259 e. The molecule has 0 aromatic carbocycles. The van der Waals surface area contributed by atoms with Crippen molar-refractivity contribution >= 4 is 11.7 Å². The van der Waals surface area contributed by atoms with Crippen molar-refractivity contribution in [2.45, 2.75) is 32.6 Å². The molecule has 0 bridgehead atoms. The Kier molecular flexibility index (Phi) is 3.36. The van der Waals surface area contributed by atoms with Crippen LogP contribution in [0.5, 0.6) is 0 Å². The molecule has 2 aliphatic rings. The van der Waals surface area contributed by atoms with E-state index in [2.05, 4.69) is 26.3 Å². The number of aromatic amines is 1. The molecule has 0 atom stereocenters. The van der Waals surface area contributed by atoms with E-state index in [1.54, 1.807) is 6.92 Å². The lowest BCUT2D eigenvalue weighted by Crippen LogP contribution is -2.49. The molecule has 1 saturated heterocycles. The van der Waals surface area contributed by atoms with Gasteiger partial charge in [-0.1, -0.05) is 5.16 Å². The van der Waals surface area contributed by atoms with Gasteiger partial charge in [0.05, 0.1) is 5.69 Å². The van der Waals surface area contributed by atoms with Gasteiger partial charge in [-0.3, -0.25) is 9.89 Å². The summed E-state index contributed by atoms with van der Waals surface area (Å²) in [4.78, 5) is 16.7. The number of anilines is 1. The highest BCUT2D eigenvalue weighted by Gasteiger charge is 2.29. The summed E-state index contributed by atoms with van der Waals surface area (Å²) >= 11 is 0. The smallest absolute Gasteiger partial charge is 0.259 e. The molecule has 1 amide bonds. The first kappa shape index (κ1) is 14.3. The number of aryl methyl sites for hydroxylation is 2. The number of hydrogen-bond donors (Lipinski definition) is 1. The van der Waals surface area contributed by atoms with Gasteiger partial charge in [-0.15, -0.1) is 0 Å². The molecule has 0 unspecified atom stereocenters. The van der Waals surface area contributed by atoms with Gasteiger partial charge in [0.15, 0.2) is 5.82 Å². The average molecular weight is 315 g/mol. The molecule has 4 rings (SSSR count). The Bertz CT molecular complexity index is 703. The number of carbonyl (C=O) groups is 1. The molecule has 2 aromatic rings. The fourth-order valence-corrected chi connectivity index (χ4v) is 3.18. The van der Waals surface area contributed by atoms with Gasteiger partial charge in [0.25, 0.3) is 5.91 Å². The Hall–Kier alpha value is -2.31. The molecule has 1 aliphatic heterocycles. The summed E-state index contributed by atoms with van der Waals surface area (Å²) in [5.74, 6) is 2.29. The van der Waals surface area contributed by atoms with E-state index in [9.17, 15) is 4.79 Å². The Labute approximate surface area is 134 Å². The number of aromatic nitrogens is 3. The Morgan fingerprint density at radius 2 is 2.00 bits per heavy atom. The number of hydrogen-bond acceptors (Lipinski definition) is 5. The van der Waals surface area contributed by atoms with E-state index in [0.717, 1.165) is 18.9 Å². The minimum atomic E-state index is 0.0154. The molecule has 7 nitrogen and oxygen atoms in total. The Balaban J connectivity index is 1.41. The van der Waals surface area contributed by atoms with Crippen LogP contribution in [0.25, 0.3) is 0 Å². The van der Waals surface area contributed by atoms with E-state index in [1.165, 1.54) is 18.5 Å². The second-order valence-corrected chi connectivity index (χ2v) is 6.43. The van der Waals surface area contributed by atoms with E-state index in [1.807, 2.05) is 11.8 Å². The van der Waals surface area contributed by atoms with Gasteiger partial charge in [0, 0.05) is 43.9 Å². The van der Waals surface area contributed by atoms with Gasteiger partial charge < -0.3 is 14.3 Å². The summed E-state index contributed by atoms with van der Waals surface area (Å²) < 4.78 is 5.11. The van der Waals surface area contributed by atoms with Crippen LogP contribution in [0.3, 0.4) is 0 Å². The third kappa shape index (κ3) is 2.60. The van der Waals surface area contributed by atoms with Crippen LogP contribution in [0, 0.1) is 13.8 Å². The number of nitrogens with one attached hydrogen (secondary N) is 1. The van der Waals surface area contributed by atoms with Crippen molar-refractivity contribution in [3.8, 4) is 0 Å². The molecule has 7 heteroatoms. The van der Waals surface area contributed by atoms with Crippen molar-refractivity contribution in [2.24, 2.45) is 0 Å². The normalized spacial score (nSPS) is 18.5. The lowest BCUT2D eigenvalue weighted by molar-refractivity contribution is 0.0744. The molecule has 0 radical (unpaired) electrons. The summed E-state index contributed by atoms with van der Waals surface area (Å²) in [5, 5.41) is 11.4. The lowest BCUT2D eigenvalue weighted by Gasteiger charge is -2.34. The van der Waals surface area contributed by atoms with Crippen LogP contribution in [0.2, 0.25) is 0 Å². The van der Waals surface area contributed by atoms with Crippen molar-refractivity contribution < 1.29 is 9.32 Å². The molecule has 2 fully saturated rings. The highest BCUT2D eigenvalue weighted by molar-refractivity contribution is 5.96. The topological polar surface area (TPSA) is 78.3 Å². The van der Waals surface area contributed by atoms with Gasteiger partial charge in [-0.25, -0.2) is 0 Å². The summed E-state index contributed by atoms with van der Waals surface area (Å²) in [7, 11) is 0. The number of carbonyl (C=O) groups excluding carboxylic acids is 1. The zero-order valence-corrected chi connectivity index (χ0v) is 13.5. The highest BCUT2D eigenvalue weighted by atomic mass is 16.5. The standard InChI is InChI=1S/C16H21N5O2/c1-10-15(11(2)23-19-10)16(22)21-7-5-20(6-8-21)14-9-13(17-18-14)12-3-4-12/h9,12H,3-8H2,1-2H3,(H,17,18). The predicted molar refractivity (Wildman–Crippen MR) is 84.7 cm³/mol. The van der Waals surface area contributed by atoms with Crippen molar-refractivity contribution in [1.29, 1.82) is 0 Å². The van der Waals surface area contributed by atoms with Crippen LogP contribution in [0.15, 0.2) is 10.6 Å². The predicted octanol–water partition coefficient (Wildman–Crippen LogP) is 1.85. The average Bonchev–Trinajstić information content (AvgIpc) is 3.20. The molecule has 0 spiro atoms. The first-order valence-corrected chi connectivity index (χ1v) is 8.16. The molecule has 3 heterocycles. The van der Waals surface area contributed by atoms with Crippen molar-refractivity contribution in [1.82, 2.24) is 20.3 Å². The van der Waals surface area contributed by atoms with Crippen LogP contribution >= 0.6 is 0 Å². The van der Waals surface area contributed by atoms with Crippen molar-refractivity contribution in [3.05, 3.63) is 28.8 Å². The van der Waals surface area contributed by atoms with Gasteiger partial charge in [0.1, 0.15) is 11.3 Å². The summed E-state index contributed by atoms with van der Waals surface area (Å²) in [5.41, 5.74) is 2.51. The minimum absolute atomic E-state index is 0.0154. The van der Waals surface area contributed by atoms with Crippen LogP contribution in [0.4, 0.5) is 5.82 Å². The van der Waals surface area contributed by atoms with E-state index in [-0.39, 0.29) is 5.91 Å². The van der Waals surface area contributed by atoms with Gasteiger partial charge in [-0.2, -0.15) is 5.10 Å². The summed E-state index contributed by atoms with van der Waals surface area (Å²) in [6.07, 6.45) is 2.53. The number of H-pyrrole nitrogens is 1. The molecule has 2 aromatic heterocycles. The molecule has 23 heavy (non-hydrogen) atoms. The fraction of sp³-hybridized carbons (Fsp3) is 0.562. The van der Waals surface area contributed by atoms with Crippen LogP contribution in [-0.2, 0) is 0 Å². The number of amides is 1. The SMILES string of the molecule is Cc1noc(C)c1C(=O)N1CCN(c2cc(C3CC3)[nH]n2)CC1. The highest BCUT2D eigenvalue weighted by Crippen LogP contribution is 2.39. The van der Waals surface area contributed by atoms with Gasteiger partial charge >= 0.3 is 0 Å². The zero-order chi connectivity index (χ0) is 16.0. The Morgan fingerprint density at radius 3 is 2.61 bits per heavy atom. The maximum absolute atomic E-state index is 12.6. The molecule has 1 aliphatic carbocycles. The fourth-order valence-electron chi connectivity index (χ4n) is 3.18. The van der Waals surface area contributed by atoms with Gasteiger partial charge in [0.2, 0.25) is 0 Å². The minimum Gasteiger partial charge on any atom is -0.361 e. The Morgan fingerprint density at radius 1 is 1.26 bits per heavy atom. The number of rotatable bonds is 3. The molecule has 1 N–H and O–H groups in total. The van der Waals surface area contributed by atoms with E-state index < -0.39 is 0 Å². The number of piperazine rings is 1. The first-order valence-electron chi connectivity index (χ1n) is 8.16. The second-order valence-electron chi connectivity index (χ2n) is 6.43. The second kappa shape index (κ2) is 5.40. The number of nitrogens with zero attached hydrogens (tertiary/aromatic N) is 4. The van der Waals surface area contributed by atoms with E-state index in [4.69, 9.17) is 4.52 Å². The third-order valence-corrected chi connectivity index (χ3v) is 4.74. The van der Waals surface area contributed by atoms with Crippen LogP contribution in [-0.4, -0.2) is 52.3 Å². The maximum atomic E-state index is 12.6. The van der Waals surface area contributed by atoms with Gasteiger partial charge in [-0.05, 0) is 26.7 Å². The molecular weight excluding hydrogens is 294 g/mol. The molecular formula is C16H21N5O2. The van der Waals surface area contributed by atoms with Crippen molar-refractivity contribution in [2.75, 3.05) is 31.1 Å². The van der Waals surface area contributed by atoms with E-state index in [0.29, 0.717) is 36.0 Å². The monoisotopic (exact) mass is 315 g/mol. The van der Waals surface area contributed by atoms with Crippen LogP contribution < -0.4 is 4.90 Å². The first-order chi connectivity index (χ1) is 11.1. The lowest BCUT2D eigenvalue weighted by atomic mass is 10.1. The third-order valence-electron chi connectivity index (χ3n) is 4.74. The van der Waals surface area contributed by atoms with Crippen LogP contribution in [0.1, 0.15) is 46.3 Å². The largest absolute Gasteiger partial charge is 0.361 e. The molecule has 1 saturated carbocycles.